The van der Waals surface area contributed by atoms with Crippen LogP contribution in [0.1, 0.15) is 31.3 Å². The molecule has 0 saturated carbocycles. The third-order valence-corrected chi connectivity index (χ3v) is 5.78. The van der Waals surface area contributed by atoms with Crippen LogP contribution >= 0.6 is 46.7 Å². The van der Waals surface area contributed by atoms with Crippen molar-refractivity contribution in [2.75, 3.05) is 13.1 Å². The predicted molar refractivity (Wildman–Crippen MR) is 119 cm³/mol. The summed E-state index contributed by atoms with van der Waals surface area (Å²) in [5.74, 6) is 0.832. The molecular formula is C17H24IN5S2. The lowest BCUT2D eigenvalue weighted by atomic mass is 9.91. The van der Waals surface area contributed by atoms with Crippen LogP contribution in [-0.2, 0) is 12.0 Å². The lowest BCUT2D eigenvalue weighted by Gasteiger charge is -2.25. The summed E-state index contributed by atoms with van der Waals surface area (Å²) >= 11 is 3.43. The molecule has 0 aliphatic rings. The van der Waals surface area contributed by atoms with Crippen LogP contribution in [0.3, 0.4) is 0 Å². The van der Waals surface area contributed by atoms with Gasteiger partial charge in [0.2, 0.25) is 0 Å². The molecule has 0 bridgehead atoms. The summed E-state index contributed by atoms with van der Waals surface area (Å²) in [6, 6.07) is 4.29. The number of thiophene rings is 1. The first kappa shape index (κ1) is 20.2. The standard InChI is InChI=1S/C17H23N5S2.HI/c1-4-18-15(20-12-17(2,3)14-6-5-8-23-14)19-10-13-11-22-7-9-24-16(22)21-13;/h5-9,11H,4,10,12H2,1-3H3,(H2,18,19,20);1H. The summed E-state index contributed by atoms with van der Waals surface area (Å²) in [5.41, 5.74) is 1.05. The van der Waals surface area contributed by atoms with E-state index in [0.717, 1.165) is 29.7 Å². The van der Waals surface area contributed by atoms with E-state index in [9.17, 15) is 0 Å². The molecule has 0 fully saturated rings. The fourth-order valence-electron chi connectivity index (χ4n) is 2.41. The van der Waals surface area contributed by atoms with E-state index in [2.05, 4.69) is 58.9 Å². The van der Waals surface area contributed by atoms with Crippen molar-refractivity contribution >= 4 is 57.6 Å². The molecule has 0 aliphatic carbocycles. The summed E-state index contributed by atoms with van der Waals surface area (Å²) in [4.78, 5) is 11.6. The van der Waals surface area contributed by atoms with Crippen molar-refractivity contribution < 1.29 is 0 Å². The molecule has 3 rings (SSSR count). The fourth-order valence-corrected chi connectivity index (χ4v) is 3.98. The normalized spacial score (nSPS) is 12.2. The Hall–Kier alpha value is -1.13. The molecule has 3 aromatic rings. The molecule has 0 amide bonds. The minimum Gasteiger partial charge on any atom is -0.357 e. The Morgan fingerprint density at radius 2 is 2.12 bits per heavy atom. The Balaban J connectivity index is 0.00000225. The summed E-state index contributed by atoms with van der Waals surface area (Å²) < 4.78 is 2.04. The van der Waals surface area contributed by atoms with E-state index in [4.69, 9.17) is 0 Å². The number of nitrogens with one attached hydrogen (secondary N) is 2. The minimum atomic E-state index is 0. The largest absolute Gasteiger partial charge is 0.357 e. The molecule has 0 aliphatic heterocycles. The van der Waals surface area contributed by atoms with E-state index in [1.807, 2.05) is 22.2 Å². The van der Waals surface area contributed by atoms with Gasteiger partial charge in [-0.1, -0.05) is 19.9 Å². The summed E-state index contributed by atoms with van der Waals surface area (Å²) in [6.45, 7) is 8.82. The minimum absolute atomic E-state index is 0. The van der Waals surface area contributed by atoms with E-state index < -0.39 is 0 Å². The number of nitrogens with zero attached hydrogens (tertiary/aromatic N) is 3. The number of aromatic nitrogens is 2. The quantitative estimate of drug-likeness (QED) is 0.311. The maximum Gasteiger partial charge on any atom is 0.193 e. The maximum atomic E-state index is 4.67. The number of thiazole rings is 1. The Kier molecular flexibility index (Phi) is 7.26. The topological polar surface area (TPSA) is 53.7 Å². The van der Waals surface area contributed by atoms with Crippen LogP contribution in [-0.4, -0.2) is 28.4 Å². The highest BCUT2D eigenvalue weighted by Gasteiger charge is 2.21. The summed E-state index contributed by atoms with van der Waals surface area (Å²) in [5, 5.41) is 10.9. The molecule has 0 radical (unpaired) electrons. The molecule has 3 heterocycles. The monoisotopic (exact) mass is 489 g/mol. The van der Waals surface area contributed by atoms with E-state index in [1.165, 1.54) is 4.88 Å². The average molecular weight is 489 g/mol. The first-order chi connectivity index (χ1) is 11.6. The van der Waals surface area contributed by atoms with Crippen molar-refractivity contribution in [3.05, 3.63) is 45.9 Å². The van der Waals surface area contributed by atoms with Gasteiger partial charge in [-0.25, -0.2) is 9.98 Å². The molecule has 2 N–H and O–H groups in total. The molecule has 136 valence electrons. The van der Waals surface area contributed by atoms with Gasteiger partial charge >= 0.3 is 0 Å². The lowest BCUT2D eigenvalue weighted by Crippen LogP contribution is -2.43. The van der Waals surface area contributed by atoms with Gasteiger partial charge in [0.15, 0.2) is 10.9 Å². The highest BCUT2D eigenvalue weighted by Crippen LogP contribution is 2.26. The fraction of sp³-hybridized carbons (Fsp3) is 0.412. The van der Waals surface area contributed by atoms with Crippen molar-refractivity contribution in [2.45, 2.75) is 32.7 Å². The number of fused-ring (bicyclic) bond motifs is 1. The molecular weight excluding hydrogens is 465 g/mol. The maximum absolute atomic E-state index is 4.67. The van der Waals surface area contributed by atoms with Crippen LogP contribution in [0, 0.1) is 0 Å². The zero-order valence-electron chi connectivity index (χ0n) is 14.7. The zero-order chi connectivity index (χ0) is 17.0. The number of hydrogen-bond acceptors (Lipinski definition) is 4. The van der Waals surface area contributed by atoms with Gasteiger partial charge < -0.3 is 10.6 Å². The summed E-state index contributed by atoms with van der Waals surface area (Å²) in [7, 11) is 0. The molecule has 0 atom stereocenters. The van der Waals surface area contributed by atoms with Crippen molar-refractivity contribution in [1.82, 2.24) is 20.0 Å². The smallest absolute Gasteiger partial charge is 0.193 e. The second-order valence-electron chi connectivity index (χ2n) is 6.23. The Morgan fingerprint density at radius 1 is 1.28 bits per heavy atom. The molecule has 25 heavy (non-hydrogen) atoms. The number of hydrogen-bond donors (Lipinski definition) is 2. The summed E-state index contributed by atoms with van der Waals surface area (Å²) in [6.07, 6.45) is 4.06. The van der Waals surface area contributed by atoms with Gasteiger partial charge in [-0.2, -0.15) is 0 Å². The van der Waals surface area contributed by atoms with Crippen molar-refractivity contribution in [1.29, 1.82) is 0 Å². The number of aliphatic imine (C=N–C) groups is 1. The highest BCUT2D eigenvalue weighted by atomic mass is 127. The van der Waals surface area contributed by atoms with Crippen molar-refractivity contribution in [3.8, 4) is 0 Å². The Bertz CT molecular complexity index is 776. The lowest BCUT2D eigenvalue weighted by molar-refractivity contribution is 0.518. The van der Waals surface area contributed by atoms with Gasteiger partial charge in [0, 0.05) is 41.2 Å². The van der Waals surface area contributed by atoms with Crippen LogP contribution in [0.5, 0.6) is 0 Å². The van der Waals surface area contributed by atoms with E-state index in [0.29, 0.717) is 6.54 Å². The first-order valence-electron chi connectivity index (χ1n) is 8.06. The molecule has 8 heteroatoms. The molecule has 0 unspecified atom stereocenters. The van der Waals surface area contributed by atoms with E-state index >= 15 is 0 Å². The number of halogens is 1. The molecule has 3 aromatic heterocycles. The second kappa shape index (κ2) is 9.00. The first-order valence-corrected chi connectivity index (χ1v) is 9.81. The van der Waals surface area contributed by atoms with Gasteiger partial charge in [0.25, 0.3) is 0 Å². The van der Waals surface area contributed by atoms with Gasteiger partial charge in [-0.15, -0.1) is 46.7 Å². The van der Waals surface area contributed by atoms with Gasteiger partial charge in [-0.3, -0.25) is 4.40 Å². The third kappa shape index (κ3) is 5.18. The predicted octanol–water partition coefficient (Wildman–Crippen LogP) is 4.11. The van der Waals surface area contributed by atoms with E-state index in [1.54, 1.807) is 22.7 Å². The second-order valence-corrected chi connectivity index (χ2v) is 8.06. The van der Waals surface area contributed by atoms with Gasteiger partial charge in [0.1, 0.15) is 0 Å². The van der Waals surface area contributed by atoms with Crippen molar-refractivity contribution in [2.24, 2.45) is 4.99 Å². The molecule has 0 saturated heterocycles. The molecule has 5 nitrogen and oxygen atoms in total. The van der Waals surface area contributed by atoms with Crippen LogP contribution < -0.4 is 10.6 Å². The van der Waals surface area contributed by atoms with Crippen LogP contribution in [0.4, 0.5) is 0 Å². The number of rotatable bonds is 6. The Morgan fingerprint density at radius 3 is 2.80 bits per heavy atom. The highest BCUT2D eigenvalue weighted by molar-refractivity contribution is 14.0. The van der Waals surface area contributed by atoms with Crippen LogP contribution in [0.25, 0.3) is 4.96 Å². The van der Waals surface area contributed by atoms with Crippen molar-refractivity contribution in [3.63, 3.8) is 0 Å². The van der Waals surface area contributed by atoms with E-state index in [-0.39, 0.29) is 29.4 Å². The number of guanidine groups is 1. The Labute approximate surface area is 173 Å². The van der Waals surface area contributed by atoms with Gasteiger partial charge in [-0.05, 0) is 18.4 Å². The molecule has 0 aromatic carbocycles. The third-order valence-electron chi connectivity index (χ3n) is 3.77. The van der Waals surface area contributed by atoms with Gasteiger partial charge in [0.05, 0.1) is 12.2 Å². The van der Waals surface area contributed by atoms with Crippen LogP contribution in [0.15, 0.2) is 40.3 Å². The zero-order valence-corrected chi connectivity index (χ0v) is 18.6. The SMILES string of the molecule is CCNC(=NCc1cn2ccsc2n1)NCC(C)(C)c1cccs1.I. The molecule has 0 spiro atoms. The number of imidazole rings is 1. The average Bonchev–Trinajstić information content (AvgIpc) is 3.26. The van der Waals surface area contributed by atoms with Crippen LogP contribution in [0.2, 0.25) is 0 Å².